The second-order valence-corrected chi connectivity index (χ2v) is 4.51. The van der Waals surface area contributed by atoms with Crippen LogP contribution in [0.5, 0.6) is 0 Å². The van der Waals surface area contributed by atoms with Gasteiger partial charge in [0.15, 0.2) is 0 Å². The second kappa shape index (κ2) is 10.5. The smallest absolute Gasteiger partial charge is 0.0890 e. The van der Waals surface area contributed by atoms with Gasteiger partial charge in [0.05, 0.1) is 22.4 Å². The number of fused-ring (bicyclic) bond motifs is 1. The van der Waals surface area contributed by atoms with Crippen molar-refractivity contribution in [3.63, 3.8) is 0 Å². The Morgan fingerprint density at radius 3 is 1.63 bits per heavy atom. The molecule has 2 heteroatoms. The van der Waals surface area contributed by atoms with Crippen molar-refractivity contribution >= 4 is 11.0 Å². The van der Waals surface area contributed by atoms with Crippen molar-refractivity contribution in [2.24, 2.45) is 0 Å². The number of para-hydroxylation sites is 2. The fraction of sp³-hybridized carbons (Fsp3) is 0.529. The molecule has 106 valence electrons. The highest BCUT2D eigenvalue weighted by Gasteiger charge is 2.01. The van der Waals surface area contributed by atoms with E-state index in [1.54, 1.807) is 0 Å². The van der Waals surface area contributed by atoms with Gasteiger partial charge in [0.25, 0.3) is 0 Å². The van der Waals surface area contributed by atoms with Crippen LogP contribution in [0.1, 0.15) is 58.8 Å². The summed E-state index contributed by atoms with van der Waals surface area (Å²) >= 11 is 0. The highest BCUT2D eigenvalue weighted by molar-refractivity contribution is 5.74. The summed E-state index contributed by atoms with van der Waals surface area (Å²) in [6.07, 6.45) is 3.45. The molecule has 2 aromatic rings. The van der Waals surface area contributed by atoms with Crippen LogP contribution >= 0.6 is 0 Å². The topological polar surface area (TPSA) is 25.8 Å². The Morgan fingerprint density at radius 2 is 1.21 bits per heavy atom. The summed E-state index contributed by atoms with van der Waals surface area (Å²) in [4.78, 5) is 9.01. The summed E-state index contributed by atoms with van der Waals surface area (Å²) in [5, 5.41) is 0. The molecule has 0 N–H and O–H groups in total. The lowest BCUT2D eigenvalue weighted by atomic mass is 10.2. The van der Waals surface area contributed by atoms with E-state index in [0.29, 0.717) is 0 Å². The molecular formula is C17H28N2. The lowest BCUT2D eigenvalue weighted by molar-refractivity contribution is 0.989. The number of benzene rings is 1. The van der Waals surface area contributed by atoms with E-state index in [9.17, 15) is 0 Å². The van der Waals surface area contributed by atoms with Gasteiger partial charge in [0.1, 0.15) is 0 Å². The van der Waals surface area contributed by atoms with Crippen LogP contribution in [0.15, 0.2) is 24.3 Å². The number of nitrogens with zero attached hydrogens (tertiary/aromatic N) is 2. The average Bonchev–Trinajstić information content (AvgIpc) is 2.40. The fourth-order valence-electron chi connectivity index (χ4n) is 1.46. The number of aryl methyl sites for hydroxylation is 2. The van der Waals surface area contributed by atoms with Crippen molar-refractivity contribution in [2.75, 3.05) is 0 Å². The van der Waals surface area contributed by atoms with E-state index in [2.05, 4.69) is 44.6 Å². The number of hydrogen-bond acceptors (Lipinski definition) is 2. The van der Waals surface area contributed by atoms with Crippen LogP contribution in [0.4, 0.5) is 0 Å². The van der Waals surface area contributed by atoms with Gasteiger partial charge in [-0.2, -0.15) is 0 Å². The first-order valence-corrected chi connectivity index (χ1v) is 7.36. The maximum Gasteiger partial charge on any atom is 0.0890 e. The monoisotopic (exact) mass is 260 g/mol. The third-order valence-electron chi connectivity index (χ3n) is 2.18. The summed E-state index contributed by atoms with van der Waals surface area (Å²) in [5.74, 6) is 0. The molecule has 0 bridgehead atoms. The molecule has 0 spiro atoms. The number of rotatable bonds is 1. The zero-order valence-electron chi connectivity index (χ0n) is 13.3. The Balaban J connectivity index is 0.000000465. The molecule has 1 heterocycles. The molecule has 0 fully saturated rings. The van der Waals surface area contributed by atoms with Crippen molar-refractivity contribution in [1.82, 2.24) is 9.97 Å². The van der Waals surface area contributed by atoms with Gasteiger partial charge in [0.2, 0.25) is 0 Å². The van der Waals surface area contributed by atoms with Gasteiger partial charge in [-0.1, -0.05) is 59.6 Å². The average molecular weight is 260 g/mol. The molecule has 0 aliphatic rings. The van der Waals surface area contributed by atoms with Crippen molar-refractivity contribution in [2.45, 2.75) is 60.8 Å². The minimum atomic E-state index is 0.948. The number of aromatic nitrogens is 2. The van der Waals surface area contributed by atoms with E-state index in [1.807, 2.05) is 31.2 Å². The van der Waals surface area contributed by atoms with Gasteiger partial charge in [0, 0.05) is 0 Å². The largest absolute Gasteiger partial charge is 0.250 e. The highest BCUT2D eigenvalue weighted by atomic mass is 14.8. The summed E-state index contributed by atoms with van der Waals surface area (Å²) in [6, 6.07) is 7.98. The SMILES string of the molecule is CCC.CCC.CCc1nc2ccccc2nc1C. The van der Waals surface area contributed by atoms with Gasteiger partial charge in [-0.05, 0) is 25.5 Å². The van der Waals surface area contributed by atoms with E-state index in [-0.39, 0.29) is 0 Å². The first kappa shape index (κ1) is 17.6. The van der Waals surface area contributed by atoms with E-state index < -0.39 is 0 Å². The van der Waals surface area contributed by atoms with Crippen LogP contribution in [-0.2, 0) is 6.42 Å². The molecule has 1 aromatic heterocycles. The van der Waals surface area contributed by atoms with E-state index >= 15 is 0 Å². The molecule has 0 atom stereocenters. The Kier molecular flexibility index (Phi) is 9.69. The standard InChI is InChI=1S/C11H12N2.2C3H8/c1-3-9-8(2)12-10-6-4-5-7-11(10)13-9;2*1-3-2/h4-7H,3H2,1-2H3;2*3H2,1-2H3. The van der Waals surface area contributed by atoms with Crippen molar-refractivity contribution in [3.8, 4) is 0 Å². The van der Waals surface area contributed by atoms with Crippen molar-refractivity contribution < 1.29 is 0 Å². The quantitative estimate of drug-likeness (QED) is 0.692. The second-order valence-electron chi connectivity index (χ2n) is 4.51. The van der Waals surface area contributed by atoms with E-state index in [1.165, 1.54) is 12.8 Å². The summed E-state index contributed by atoms with van der Waals surface area (Å²) in [6.45, 7) is 12.6. The van der Waals surface area contributed by atoms with E-state index in [4.69, 9.17) is 0 Å². The third-order valence-corrected chi connectivity index (χ3v) is 2.18. The Bertz CT molecular complexity index is 462. The molecule has 0 aliphatic carbocycles. The maximum absolute atomic E-state index is 4.53. The highest BCUT2D eigenvalue weighted by Crippen LogP contribution is 2.11. The lowest BCUT2D eigenvalue weighted by Crippen LogP contribution is -1.96. The molecule has 0 radical (unpaired) electrons. The van der Waals surface area contributed by atoms with Crippen LogP contribution in [0.2, 0.25) is 0 Å². The molecular weight excluding hydrogens is 232 g/mol. The van der Waals surface area contributed by atoms with Crippen LogP contribution in [0, 0.1) is 6.92 Å². The van der Waals surface area contributed by atoms with E-state index in [0.717, 1.165) is 28.8 Å². The Morgan fingerprint density at radius 1 is 0.789 bits per heavy atom. The Labute approximate surface area is 118 Å². The van der Waals surface area contributed by atoms with Crippen molar-refractivity contribution in [3.05, 3.63) is 35.7 Å². The molecule has 0 saturated heterocycles. The summed E-state index contributed by atoms with van der Waals surface area (Å²) in [5.41, 5.74) is 4.11. The van der Waals surface area contributed by atoms with Crippen LogP contribution in [0.3, 0.4) is 0 Å². The minimum Gasteiger partial charge on any atom is -0.250 e. The molecule has 0 unspecified atom stereocenters. The summed E-state index contributed by atoms with van der Waals surface area (Å²) in [7, 11) is 0. The maximum atomic E-state index is 4.53. The van der Waals surface area contributed by atoms with Crippen LogP contribution in [0.25, 0.3) is 11.0 Å². The molecule has 2 nitrogen and oxygen atoms in total. The first-order chi connectivity index (χ1) is 9.14. The predicted molar refractivity (Wildman–Crippen MR) is 85.6 cm³/mol. The van der Waals surface area contributed by atoms with Gasteiger partial charge in [-0.15, -0.1) is 0 Å². The van der Waals surface area contributed by atoms with Crippen LogP contribution in [-0.4, -0.2) is 9.97 Å². The molecule has 0 saturated carbocycles. The van der Waals surface area contributed by atoms with Gasteiger partial charge < -0.3 is 0 Å². The molecule has 2 rings (SSSR count). The normalized spacial score (nSPS) is 9.16. The molecule has 0 aliphatic heterocycles. The molecule has 19 heavy (non-hydrogen) atoms. The zero-order valence-corrected chi connectivity index (χ0v) is 13.3. The first-order valence-electron chi connectivity index (χ1n) is 7.36. The summed E-state index contributed by atoms with van der Waals surface area (Å²) < 4.78 is 0. The fourth-order valence-corrected chi connectivity index (χ4v) is 1.46. The van der Waals surface area contributed by atoms with Gasteiger partial charge in [-0.25, -0.2) is 9.97 Å². The Hall–Kier alpha value is -1.44. The molecule has 1 aromatic carbocycles. The van der Waals surface area contributed by atoms with Crippen molar-refractivity contribution in [1.29, 1.82) is 0 Å². The predicted octanol–water partition coefficient (Wildman–Crippen LogP) is 5.33. The lowest BCUT2D eigenvalue weighted by Gasteiger charge is -2.03. The van der Waals surface area contributed by atoms with Gasteiger partial charge in [-0.3, -0.25) is 0 Å². The zero-order chi connectivity index (χ0) is 14.7. The minimum absolute atomic E-state index is 0.948. The van der Waals surface area contributed by atoms with Gasteiger partial charge >= 0.3 is 0 Å². The third kappa shape index (κ3) is 6.32. The van der Waals surface area contributed by atoms with Crippen LogP contribution < -0.4 is 0 Å². The molecule has 0 amide bonds. The number of hydrogen-bond donors (Lipinski definition) is 0.